The third-order valence-electron chi connectivity index (χ3n) is 2.98. The number of nitrogens with one attached hydrogen (secondary N) is 1. The molecule has 1 N–H and O–H groups in total. The number of rotatable bonds is 9. The van der Waals surface area contributed by atoms with Crippen molar-refractivity contribution in [2.75, 3.05) is 40.4 Å². The number of hydrogen-bond donors (Lipinski definition) is 1. The molecule has 0 bridgehead atoms. The van der Waals surface area contributed by atoms with Crippen molar-refractivity contribution in [3.05, 3.63) is 39.4 Å². The van der Waals surface area contributed by atoms with Crippen molar-refractivity contribution in [3.8, 4) is 0 Å². The molecule has 0 atom stereocenters. The fourth-order valence-corrected chi connectivity index (χ4v) is 1.71. The molecule has 0 aliphatic heterocycles. The van der Waals surface area contributed by atoms with Crippen LogP contribution in [0.4, 0.5) is 14.5 Å². The molecule has 1 aromatic rings. The molecule has 1 rings (SSSR count). The van der Waals surface area contributed by atoms with Crippen LogP contribution in [-0.2, 0) is 11.3 Å². The Labute approximate surface area is 121 Å². The standard InChI is InChI=1S/C13H19F2N3O3/c1-17(5-6-21-2)4-3-16-9-10-7-13(18(19)20)12(15)8-11(10)14/h7-8,16H,3-6,9H2,1-2H3. The molecule has 0 saturated heterocycles. The van der Waals surface area contributed by atoms with Crippen LogP contribution >= 0.6 is 0 Å². The molecular formula is C13H19F2N3O3. The van der Waals surface area contributed by atoms with Gasteiger partial charge in [0.2, 0.25) is 5.82 Å². The largest absolute Gasteiger partial charge is 0.383 e. The van der Waals surface area contributed by atoms with Gasteiger partial charge in [-0.3, -0.25) is 10.1 Å². The van der Waals surface area contributed by atoms with Crippen molar-refractivity contribution in [1.29, 1.82) is 0 Å². The second-order valence-corrected chi connectivity index (χ2v) is 4.62. The quantitative estimate of drug-likeness (QED) is 0.426. The molecule has 0 heterocycles. The molecule has 0 radical (unpaired) electrons. The summed E-state index contributed by atoms with van der Waals surface area (Å²) in [5.74, 6) is -1.96. The number of nitro benzene ring substituents is 1. The molecule has 0 saturated carbocycles. The van der Waals surface area contributed by atoms with Crippen LogP contribution in [0.5, 0.6) is 0 Å². The smallest absolute Gasteiger partial charge is 0.305 e. The highest BCUT2D eigenvalue weighted by molar-refractivity contribution is 5.37. The van der Waals surface area contributed by atoms with Crippen molar-refractivity contribution < 1.29 is 18.4 Å². The van der Waals surface area contributed by atoms with Crippen LogP contribution in [0, 0.1) is 21.7 Å². The molecule has 0 fully saturated rings. The second-order valence-electron chi connectivity index (χ2n) is 4.62. The minimum atomic E-state index is -1.17. The van der Waals surface area contributed by atoms with E-state index < -0.39 is 22.2 Å². The van der Waals surface area contributed by atoms with Gasteiger partial charge in [-0.2, -0.15) is 4.39 Å². The predicted molar refractivity (Wildman–Crippen MR) is 74.1 cm³/mol. The Hall–Kier alpha value is -1.64. The van der Waals surface area contributed by atoms with Crippen LogP contribution in [-0.4, -0.2) is 50.2 Å². The van der Waals surface area contributed by atoms with Gasteiger partial charge < -0.3 is 15.0 Å². The second kappa shape index (κ2) is 8.60. The fourth-order valence-electron chi connectivity index (χ4n) is 1.71. The lowest BCUT2D eigenvalue weighted by molar-refractivity contribution is -0.387. The predicted octanol–water partition coefficient (Wildman–Crippen LogP) is 1.54. The van der Waals surface area contributed by atoms with Crippen LogP contribution in [0.15, 0.2) is 12.1 Å². The highest BCUT2D eigenvalue weighted by Gasteiger charge is 2.18. The van der Waals surface area contributed by atoms with Gasteiger partial charge in [-0.25, -0.2) is 4.39 Å². The summed E-state index contributed by atoms with van der Waals surface area (Å²) in [5.41, 5.74) is -0.645. The normalized spacial score (nSPS) is 11.1. The van der Waals surface area contributed by atoms with E-state index in [-0.39, 0.29) is 12.1 Å². The van der Waals surface area contributed by atoms with E-state index in [4.69, 9.17) is 4.74 Å². The lowest BCUT2D eigenvalue weighted by atomic mass is 10.2. The minimum Gasteiger partial charge on any atom is -0.383 e. The van der Waals surface area contributed by atoms with Gasteiger partial charge in [-0.15, -0.1) is 0 Å². The Morgan fingerprint density at radius 1 is 1.33 bits per heavy atom. The monoisotopic (exact) mass is 303 g/mol. The number of methoxy groups -OCH3 is 1. The summed E-state index contributed by atoms with van der Waals surface area (Å²) in [4.78, 5) is 11.8. The van der Waals surface area contributed by atoms with Crippen molar-refractivity contribution in [3.63, 3.8) is 0 Å². The first-order chi connectivity index (χ1) is 9.95. The van der Waals surface area contributed by atoms with Gasteiger partial charge >= 0.3 is 5.69 Å². The summed E-state index contributed by atoms with van der Waals surface area (Å²) in [5, 5.41) is 13.6. The van der Waals surface area contributed by atoms with Crippen LogP contribution < -0.4 is 5.32 Å². The summed E-state index contributed by atoms with van der Waals surface area (Å²) < 4.78 is 31.6. The summed E-state index contributed by atoms with van der Waals surface area (Å²) in [7, 11) is 3.54. The van der Waals surface area contributed by atoms with E-state index in [0.717, 1.165) is 12.6 Å². The molecule has 0 unspecified atom stereocenters. The van der Waals surface area contributed by atoms with Crippen LogP contribution in [0.3, 0.4) is 0 Å². The first kappa shape index (κ1) is 17.4. The van der Waals surface area contributed by atoms with Gasteiger partial charge in [-0.1, -0.05) is 0 Å². The van der Waals surface area contributed by atoms with E-state index in [1.807, 2.05) is 11.9 Å². The Kier molecular flexibility index (Phi) is 7.13. The van der Waals surface area contributed by atoms with E-state index in [9.17, 15) is 18.9 Å². The van der Waals surface area contributed by atoms with Crippen molar-refractivity contribution in [2.45, 2.75) is 6.54 Å². The van der Waals surface area contributed by atoms with E-state index in [1.165, 1.54) is 0 Å². The highest BCUT2D eigenvalue weighted by Crippen LogP contribution is 2.21. The molecule has 0 aliphatic rings. The van der Waals surface area contributed by atoms with Crippen molar-refractivity contribution in [1.82, 2.24) is 10.2 Å². The zero-order valence-electron chi connectivity index (χ0n) is 12.1. The highest BCUT2D eigenvalue weighted by atomic mass is 19.1. The number of nitro groups is 1. The Balaban J connectivity index is 2.48. The van der Waals surface area contributed by atoms with Gasteiger partial charge in [0.05, 0.1) is 11.5 Å². The lowest BCUT2D eigenvalue weighted by Gasteiger charge is -2.16. The van der Waals surface area contributed by atoms with Crippen molar-refractivity contribution in [2.24, 2.45) is 0 Å². The van der Waals surface area contributed by atoms with E-state index in [2.05, 4.69) is 5.32 Å². The minimum absolute atomic E-state index is 0.0719. The maximum Gasteiger partial charge on any atom is 0.305 e. The summed E-state index contributed by atoms with van der Waals surface area (Å²) >= 11 is 0. The summed E-state index contributed by atoms with van der Waals surface area (Å²) in [6.45, 7) is 2.79. The number of nitrogens with zero attached hydrogens (tertiary/aromatic N) is 2. The number of likely N-dealkylation sites (N-methyl/N-ethyl adjacent to an activating group) is 1. The average molecular weight is 303 g/mol. The zero-order valence-corrected chi connectivity index (χ0v) is 12.1. The Bertz CT molecular complexity index is 486. The lowest BCUT2D eigenvalue weighted by Crippen LogP contribution is -2.31. The topological polar surface area (TPSA) is 67.6 Å². The van der Waals surface area contributed by atoms with Crippen LogP contribution in [0.25, 0.3) is 0 Å². The number of hydrogen-bond acceptors (Lipinski definition) is 5. The summed E-state index contributed by atoms with van der Waals surface area (Å²) in [6, 6.07) is 1.46. The fraction of sp³-hybridized carbons (Fsp3) is 0.538. The Morgan fingerprint density at radius 3 is 2.67 bits per heavy atom. The van der Waals surface area contributed by atoms with Crippen LogP contribution in [0.1, 0.15) is 5.56 Å². The van der Waals surface area contributed by atoms with Gasteiger partial charge in [0, 0.05) is 51.0 Å². The van der Waals surface area contributed by atoms with Gasteiger partial charge in [-0.05, 0) is 7.05 Å². The number of ether oxygens (including phenoxy) is 1. The van der Waals surface area contributed by atoms with Crippen molar-refractivity contribution >= 4 is 5.69 Å². The van der Waals surface area contributed by atoms with E-state index >= 15 is 0 Å². The molecule has 1 aromatic carbocycles. The third kappa shape index (κ3) is 5.70. The van der Waals surface area contributed by atoms with Gasteiger partial charge in [0.1, 0.15) is 5.82 Å². The first-order valence-corrected chi connectivity index (χ1v) is 6.46. The number of halogens is 2. The molecule has 0 aromatic heterocycles. The first-order valence-electron chi connectivity index (χ1n) is 6.46. The Morgan fingerprint density at radius 2 is 2.05 bits per heavy atom. The van der Waals surface area contributed by atoms with E-state index in [0.29, 0.717) is 25.8 Å². The molecule has 8 heteroatoms. The maximum atomic E-state index is 13.5. The average Bonchev–Trinajstić information content (AvgIpc) is 2.42. The van der Waals surface area contributed by atoms with Crippen LogP contribution in [0.2, 0.25) is 0 Å². The zero-order chi connectivity index (χ0) is 15.8. The molecule has 0 spiro atoms. The molecule has 118 valence electrons. The third-order valence-corrected chi connectivity index (χ3v) is 2.98. The number of benzene rings is 1. The molecule has 0 aliphatic carbocycles. The van der Waals surface area contributed by atoms with Gasteiger partial charge in [0.15, 0.2) is 0 Å². The molecular weight excluding hydrogens is 284 g/mol. The summed E-state index contributed by atoms with van der Waals surface area (Å²) in [6.07, 6.45) is 0. The molecule has 0 amide bonds. The SMILES string of the molecule is COCCN(C)CCNCc1cc([N+](=O)[O-])c(F)cc1F. The molecule has 6 nitrogen and oxygen atoms in total. The maximum absolute atomic E-state index is 13.5. The van der Waals surface area contributed by atoms with Gasteiger partial charge in [0.25, 0.3) is 0 Å². The molecule has 21 heavy (non-hydrogen) atoms. The van der Waals surface area contributed by atoms with E-state index in [1.54, 1.807) is 7.11 Å².